The van der Waals surface area contributed by atoms with Gasteiger partial charge in [0.05, 0.1) is 13.2 Å². The largest absolute Gasteiger partial charge is 0.480 e. The van der Waals surface area contributed by atoms with Crippen molar-refractivity contribution >= 4 is 11.6 Å². The second-order valence-electron chi connectivity index (χ2n) is 6.00. The van der Waals surface area contributed by atoms with Crippen LogP contribution in [0.3, 0.4) is 0 Å². The molecule has 1 saturated carbocycles. The molecule has 21 heavy (non-hydrogen) atoms. The SMILES string of the molecule is COc1ncccc1NC(=O)C1CCC2CCCCC2N1. The number of fused-ring (bicyclic) bond motifs is 1. The first-order valence-electron chi connectivity index (χ1n) is 7.84. The highest BCUT2D eigenvalue weighted by atomic mass is 16.5. The number of carbonyl (C=O) groups excluding carboxylic acids is 1. The zero-order valence-electron chi connectivity index (χ0n) is 12.5. The number of carbonyl (C=O) groups is 1. The molecule has 5 nitrogen and oxygen atoms in total. The molecule has 3 atom stereocenters. The van der Waals surface area contributed by atoms with E-state index in [-0.39, 0.29) is 11.9 Å². The molecule has 0 radical (unpaired) electrons. The summed E-state index contributed by atoms with van der Waals surface area (Å²) >= 11 is 0. The fourth-order valence-electron chi connectivity index (χ4n) is 3.57. The Hall–Kier alpha value is -1.62. The number of pyridine rings is 1. The minimum absolute atomic E-state index is 0.0188. The van der Waals surface area contributed by atoms with Crippen LogP contribution in [0.25, 0.3) is 0 Å². The summed E-state index contributed by atoms with van der Waals surface area (Å²) in [5.74, 6) is 1.23. The second kappa shape index (κ2) is 6.43. The molecule has 3 rings (SSSR count). The van der Waals surface area contributed by atoms with Gasteiger partial charge in [0.25, 0.3) is 0 Å². The molecule has 1 aromatic heterocycles. The molecule has 1 saturated heterocycles. The van der Waals surface area contributed by atoms with Crippen molar-refractivity contribution in [2.24, 2.45) is 5.92 Å². The summed E-state index contributed by atoms with van der Waals surface area (Å²) in [6.45, 7) is 0. The Morgan fingerprint density at radius 2 is 2.19 bits per heavy atom. The van der Waals surface area contributed by atoms with E-state index >= 15 is 0 Å². The molecule has 2 N–H and O–H groups in total. The van der Waals surface area contributed by atoms with Gasteiger partial charge in [0.15, 0.2) is 0 Å². The number of aromatic nitrogens is 1. The first kappa shape index (κ1) is 14.3. The van der Waals surface area contributed by atoms with E-state index < -0.39 is 0 Å². The minimum atomic E-state index is -0.103. The van der Waals surface area contributed by atoms with Crippen molar-refractivity contribution < 1.29 is 9.53 Å². The lowest BCUT2D eigenvalue weighted by Crippen LogP contribution is -2.53. The van der Waals surface area contributed by atoms with Crippen molar-refractivity contribution in [2.75, 3.05) is 12.4 Å². The molecular formula is C16H23N3O2. The third-order valence-corrected chi connectivity index (χ3v) is 4.69. The fraction of sp³-hybridized carbons (Fsp3) is 0.625. The van der Waals surface area contributed by atoms with E-state index in [1.165, 1.54) is 25.7 Å². The Labute approximate surface area is 125 Å². The highest BCUT2D eigenvalue weighted by molar-refractivity contribution is 5.95. The maximum Gasteiger partial charge on any atom is 0.241 e. The van der Waals surface area contributed by atoms with Crippen LogP contribution in [0.1, 0.15) is 38.5 Å². The number of nitrogens with one attached hydrogen (secondary N) is 2. The highest BCUT2D eigenvalue weighted by Crippen LogP contribution is 2.32. The van der Waals surface area contributed by atoms with E-state index in [9.17, 15) is 4.79 Å². The van der Waals surface area contributed by atoms with Crippen LogP contribution in [0.2, 0.25) is 0 Å². The van der Waals surface area contributed by atoms with Crippen LogP contribution in [-0.4, -0.2) is 30.1 Å². The average molecular weight is 289 g/mol. The molecule has 1 aliphatic carbocycles. The summed E-state index contributed by atoms with van der Waals surface area (Å²) in [6.07, 6.45) is 8.84. The Balaban J connectivity index is 1.63. The minimum Gasteiger partial charge on any atom is -0.480 e. The lowest BCUT2D eigenvalue weighted by molar-refractivity contribution is -0.119. The third-order valence-electron chi connectivity index (χ3n) is 4.69. The number of hydrogen-bond donors (Lipinski definition) is 2. The van der Waals surface area contributed by atoms with E-state index in [0.29, 0.717) is 17.6 Å². The zero-order chi connectivity index (χ0) is 14.7. The van der Waals surface area contributed by atoms with Gasteiger partial charge in [0.1, 0.15) is 5.69 Å². The van der Waals surface area contributed by atoms with Gasteiger partial charge in [0, 0.05) is 12.2 Å². The molecule has 0 spiro atoms. The van der Waals surface area contributed by atoms with Gasteiger partial charge in [-0.3, -0.25) is 4.79 Å². The van der Waals surface area contributed by atoms with E-state index in [2.05, 4.69) is 15.6 Å². The van der Waals surface area contributed by atoms with Gasteiger partial charge < -0.3 is 15.4 Å². The van der Waals surface area contributed by atoms with Crippen LogP contribution < -0.4 is 15.4 Å². The summed E-state index contributed by atoms with van der Waals surface area (Å²) < 4.78 is 5.17. The molecule has 1 aliphatic heterocycles. The van der Waals surface area contributed by atoms with Gasteiger partial charge >= 0.3 is 0 Å². The van der Waals surface area contributed by atoms with Crippen molar-refractivity contribution in [3.8, 4) is 5.88 Å². The quantitative estimate of drug-likeness (QED) is 0.896. The number of anilines is 1. The molecule has 2 heterocycles. The molecule has 114 valence electrons. The molecule has 2 aliphatic rings. The summed E-state index contributed by atoms with van der Waals surface area (Å²) in [4.78, 5) is 16.6. The van der Waals surface area contributed by atoms with Gasteiger partial charge in [-0.2, -0.15) is 0 Å². The van der Waals surface area contributed by atoms with Crippen molar-refractivity contribution in [2.45, 2.75) is 50.6 Å². The smallest absolute Gasteiger partial charge is 0.241 e. The molecule has 0 bridgehead atoms. The fourth-order valence-corrected chi connectivity index (χ4v) is 3.57. The van der Waals surface area contributed by atoms with Crippen LogP contribution in [0, 0.1) is 5.92 Å². The lowest BCUT2D eigenvalue weighted by atomic mass is 9.77. The van der Waals surface area contributed by atoms with Gasteiger partial charge in [-0.1, -0.05) is 12.8 Å². The first-order chi connectivity index (χ1) is 10.3. The van der Waals surface area contributed by atoms with Crippen LogP contribution in [0.5, 0.6) is 5.88 Å². The van der Waals surface area contributed by atoms with E-state index in [1.807, 2.05) is 6.07 Å². The predicted molar refractivity (Wildman–Crippen MR) is 81.3 cm³/mol. The average Bonchev–Trinajstić information content (AvgIpc) is 2.55. The van der Waals surface area contributed by atoms with Crippen LogP contribution in [0.4, 0.5) is 5.69 Å². The maximum absolute atomic E-state index is 12.5. The van der Waals surface area contributed by atoms with Crippen molar-refractivity contribution in [3.05, 3.63) is 18.3 Å². The van der Waals surface area contributed by atoms with E-state index in [0.717, 1.165) is 18.8 Å². The number of hydrogen-bond acceptors (Lipinski definition) is 4. The lowest BCUT2D eigenvalue weighted by Gasteiger charge is -2.39. The molecule has 3 unspecified atom stereocenters. The number of piperidine rings is 1. The van der Waals surface area contributed by atoms with Gasteiger partial charge in [-0.15, -0.1) is 0 Å². The second-order valence-corrected chi connectivity index (χ2v) is 6.00. The first-order valence-corrected chi connectivity index (χ1v) is 7.84. The van der Waals surface area contributed by atoms with Crippen molar-refractivity contribution in [1.82, 2.24) is 10.3 Å². The molecule has 1 aromatic rings. The molecule has 2 fully saturated rings. The summed E-state index contributed by atoms with van der Waals surface area (Å²) in [6, 6.07) is 4.02. The van der Waals surface area contributed by atoms with Gasteiger partial charge in [-0.25, -0.2) is 4.98 Å². The van der Waals surface area contributed by atoms with Gasteiger partial charge in [-0.05, 0) is 43.7 Å². The van der Waals surface area contributed by atoms with Crippen LogP contribution in [-0.2, 0) is 4.79 Å². The Morgan fingerprint density at radius 1 is 1.33 bits per heavy atom. The standard InChI is InChI=1S/C16H23N3O2/c1-21-16-14(7-4-10-17-16)19-15(20)13-9-8-11-5-2-3-6-12(11)18-13/h4,7,10-13,18H,2-3,5-6,8-9H2,1H3,(H,19,20). The molecule has 1 amide bonds. The number of methoxy groups -OCH3 is 1. The maximum atomic E-state index is 12.5. The van der Waals surface area contributed by atoms with E-state index in [1.54, 1.807) is 19.4 Å². The zero-order valence-corrected chi connectivity index (χ0v) is 12.5. The normalized spacial score (nSPS) is 28.5. The monoisotopic (exact) mass is 289 g/mol. The molecule has 0 aromatic carbocycles. The topological polar surface area (TPSA) is 63.2 Å². The Kier molecular flexibility index (Phi) is 4.39. The number of ether oxygens (including phenoxy) is 1. The van der Waals surface area contributed by atoms with Gasteiger partial charge in [0.2, 0.25) is 11.8 Å². The Bertz CT molecular complexity index is 506. The predicted octanol–water partition coefficient (Wildman–Crippen LogP) is 2.34. The summed E-state index contributed by atoms with van der Waals surface area (Å²) in [7, 11) is 1.56. The molecule has 5 heteroatoms. The third kappa shape index (κ3) is 3.18. The highest BCUT2D eigenvalue weighted by Gasteiger charge is 2.34. The molecular weight excluding hydrogens is 266 g/mol. The number of rotatable bonds is 3. The number of amides is 1. The number of nitrogens with zero attached hydrogens (tertiary/aromatic N) is 1. The van der Waals surface area contributed by atoms with E-state index in [4.69, 9.17) is 4.74 Å². The van der Waals surface area contributed by atoms with Crippen molar-refractivity contribution in [1.29, 1.82) is 0 Å². The van der Waals surface area contributed by atoms with Crippen LogP contribution >= 0.6 is 0 Å². The van der Waals surface area contributed by atoms with Crippen molar-refractivity contribution in [3.63, 3.8) is 0 Å². The summed E-state index contributed by atoms with van der Waals surface area (Å²) in [5.41, 5.74) is 0.637. The van der Waals surface area contributed by atoms with Crippen LogP contribution in [0.15, 0.2) is 18.3 Å². The Morgan fingerprint density at radius 3 is 3.05 bits per heavy atom. The summed E-state index contributed by atoms with van der Waals surface area (Å²) in [5, 5.41) is 6.48.